The van der Waals surface area contributed by atoms with Gasteiger partial charge in [-0.1, -0.05) is 63.7 Å². The summed E-state index contributed by atoms with van der Waals surface area (Å²) in [5.41, 5.74) is 4.66. The summed E-state index contributed by atoms with van der Waals surface area (Å²) >= 11 is 0. The van der Waals surface area contributed by atoms with Gasteiger partial charge in [-0.05, 0) is 91.4 Å². The number of ether oxygens (including phenoxy) is 2. The maximum atomic E-state index is 6.55. The molecule has 0 N–H and O–H groups in total. The fraction of sp³-hybridized carbons (Fsp3) is 0.714. The molecule has 0 amide bonds. The van der Waals surface area contributed by atoms with Crippen LogP contribution in [0.25, 0.3) is 0 Å². The Hall–Kier alpha value is -1.28. The highest BCUT2D eigenvalue weighted by Crippen LogP contribution is 2.60. The van der Waals surface area contributed by atoms with Gasteiger partial charge in [0.25, 0.3) is 0 Å². The van der Waals surface area contributed by atoms with Gasteiger partial charge in [-0.25, -0.2) is 0 Å². The molecule has 0 aliphatic heterocycles. The van der Waals surface area contributed by atoms with E-state index in [-0.39, 0.29) is 6.29 Å². The van der Waals surface area contributed by atoms with Crippen molar-refractivity contribution in [1.29, 1.82) is 0 Å². The van der Waals surface area contributed by atoms with Gasteiger partial charge in [-0.15, -0.1) is 0 Å². The van der Waals surface area contributed by atoms with Crippen LogP contribution in [0.2, 0.25) is 0 Å². The molecule has 4 fully saturated rings. The summed E-state index contributed by atoms with van der Waals surface area (Å²) in [6.07, 6.45) is 14.7. The topological polar surface area (TPSA) is 18.5 Å². The first-order chi connectivity index (χ1) is 14.7. The van der Waals surface area contributed by atoms with Crippen molar-refractivity contribution < 1.29 is 9.47 Å². The average molecular weight is 409 g/mol. The second-order valence-electron chi connectivity index (χ2n) is 10.6. The van der Waals surface area contributed by atoms with E-state index in [0.717, 1.165) is 36.0 Å². The van der Waals surface area contributed by atoms with Crippen molar-refractivity contribution in [3.63, 3.8) is 0 Å². The SMILES string of the molecule is CCC(C)c1ccc(OC(OCCC2CCCCC2)C2=C3C4CC(C2)CC3C4)cc1. The Bertz CT molecular complexity index is 728. The van der Waals surface area contributed by atoms with Crippen LogP contribution in [0.15, 0.2) is 35.4 Å². The van der Waals surface area contributed by atoms with E-state index < -0.39 is 0 Å². The Morgan fingerprint density at radius 2 is 1.70 bits per heavy atom. The van der Waals surface area contributed by atoms with E-state index in [1.165, 1.54) is 81.8 Å². The van der Waals surface area contributed by atoms with Crippen LogP contribution in [-0.4, -0.2) is 12.9 Å². The summed E-state index contributed by atoms with van der Waals surface area (Å²) in [5.74, 6) is 5.00. The Morgan fingerprint density at radius 3 is 2.37 bits per heavy atom. The van der Waals surface area contributed by atoms with Crippen LogP contribution in [0.4, 0.5) is 0 Å². The van der Waals surface area contributed by atoms with Crippen LogP contribution >= 0.6 is 0 Å². The van der Waals surface area contributed by atoms with Gasteiger partial charge < -0.3 is 9.47 Å². The van der Waals surface area contributed by atoms with E-state index in [4.69, 9.17) is 9.47 Å². The summed E-state index contributed by atoms with van der Waals surface area (Å²) < 4.78 is 13.1. The first-order valence-electron chi connectivity index (χ1n) is 12.8. The molecular weight excluding hydrogens is 368 g/mol. The van der Waals surface area contributed by atoms with Crippen molar-refractivity contribution in [3.05, 3.63) is 41.0 Å². The van der Waals surface area contributed by atoms with Crippen molar-refractivity contribution in [3.8, 4) is 5.75 Å². The summed E-state index contributed by atoms with van der Waals surface area (Å²) in [6, 6.07) is 8.80. The number of hydrogen-bond acceptors (Lipinski definition) is 2. The molecule has 0 radical (unpaired) electrons. The van der Waals surface area contributed by atoms with Crippen LogP contribution in [0, 0.1) is 23.7 Å². The van der Waals surface area contributed by atoms with Gasteiger partial charge >= 0.3 is 0 Å². The molecule has 1 aromatic rings. The number of rotatable bonds is 9. The maximum absolute atomic E-state index is 6.55. The van der Waals surface area contributed by atoms with Crippen molar-refractivity contribution in [2.45, 2.75) is 96.7 Å². The predicted molar refractivity (Wildman–Crippen MR) is 123 cm³/mol. The highest BCUT2D eigenvalue weighted by molar-refractivity contribution is 5.36. The number of allylic oxidation sites excluding steroid dienone is 1. The molecular formula is C28H40O2. The molecule has 2 heteroatoms. The molecule has 4 unspecified atom stereocenters. The molecule has 4 bridgehead atoms. The second kappa shape index (κ2) is 9.07. The van der Waals surface area contributed by atoms with E-state index in [1.54, 1.807) is 5.57 Å². The lowest BCUT2D eigenvalue weighted by Gasteiger charge is -2.54. The Morgan fingerprint density at radius 1 is 0.967 bits per heavy atom. The predicted octanol–water partition coefficient (Wildman–Crippen LogP) is 7.64. The molecule has 0 heterocycles. The number of fused-ring (bicyclic) bond motifs is 1. The van der Waals surface area contributed by atoms with Gasteiger partial charge in [0, 0.05) is 0 Å². The van der Waals surface area contributed by atoms with Gasteiger partial charge in [-0.2, -0.15) is 0 Å². The van der Waals surface area contributed by atoms with Crippen LogP contribution in [0.3, 0.4) is 0 Å². The molecule has 1 aromatic carbocycles. The lowest BCUT2D eigenvalue weighted by atomic mass is 9.51. The van der Waals surface area contributed by atoms with E-state index in [0.29, 0.717) is 5.92 Å². The molecule has 0 aromatic heterocycles. The van der Waals surface area contributed by atoms with Crippen molar-refractivity contribution in [2.24, 2.45) is 23.7 Å². The molecule has 164 valence electrons. The molecule has 6 aliphatic carbocycles. The lowest BCUT2D eigenvalue weighted by Crippen LogP contribution is -2.45. The standard InChI is InChI=1S/C28H40O2/c1-3-19(2)22-9-11-25(12-10-22)30-28(29-14-13-20-7-5-4-6-8-20)26-17-21-15-23-18-24(16-21)27(23)26/h9-12,19-21,23-24,28H,3-8,13-18H2,1-2H3. The van der Waals surface area contributed by atoms with E-state index in [9.17, 15) is 0 Å². The highest BCUT2D eigenvalue weighted by atomic mass is 16.7. The zero-order chi connectivity index (χ0) is 20.5. The van der Waals surface area contributed by atoms with Gasteiger partial charge in [0.1, 0.15) is 5.75 Å². The molecule has 7 rings (SSSR count). The highest BCUT2D eigenvalue weighted by Gasteiger charge is 2.49. The minimum atomic E-state index is -0.161. The fourth-order valence-electron chi connectivity index (χ4n) is 6.73. The minimum Gasteiger partial charge on any atom is -0.461 e. The first-order valence-corrected chi connectivity index (χ1v) is 12.8. The number of benzene rings is 1. The normalized spacial score (nSPS) is 30.1. The summed E-state index contributed by atoms with van der Waals surface area (Å²) in [7, 11) is 0. The molecule has 0 saturated heterocycles. The van der Waals surface area contributed by atoms with Crippen LogP contribution in [0.1, 0.15) is 96.0 Å². The summed E-state index contributed by atoms with van der Waals surface area (Å²) in [5, 5.41) is 0. The first kappa shape index (κ1) is 20.6. The molecule has 2 nitrogen and oxygen atoms in total. The van der Waals surface area contributed by atoms with E-state index in [1.807, 2.05) is 0 Å². The van der Waals surface area contributed by atoms with Crippen molar-refractivity contribution in [1.82, 2.24) is 0 Å². The maximum Gasteiger partial charge on any atom is 0.222 e. The van der Waals surface area contributed by atoms with Crippen LogP contribution in [0.5, 0.6) is 5.75 Å². The molecule has 30 heavy (non-hydrogen) atoms. The summed E-state index contributed by atoms with van der Waals surface area (Å²) in [4.78, 5) is 0. The zero-order valence-electron chi connectivity index (χ0n) is 19.1. The quantitative estimate of drug-likeness (QED) is 0.309. The minimum absolute atomic E-state index is 0.161. The fourth-order valence-corrected chi connectivity index (χ4v) is 6.73. The number of hydrogen-bond donors (Lipinski definition) is 0. The van der Waals surface area contributed by atoms with Gasteiger partial charge in [0.2, 0.25) is 6.29 Å². The molecule has 4 atom stereocenters. The Balaban J connectivity index is 1.28. The van der Waals surface area contributed by atoms with Crippen molar-refractivity contribution in [2.75, 3.05) is 6.61 Å². The van der Waals surface area contributed by atoms with Crippen molar-refractivity contribution >= 4 is 0 Å². The smallest absolute Gasteiger partial charge is 0.222 e. The third-order valence-electron chi connectivity index (χ3n) is 8.67. The Labute approximate surface area is 183 Å². The van der Waals surface area contributed by atoms with Gasteiger partial charge in [0.05, 0.1) is 6.61 Å². The second-order valence-corrected chi connectivity index (χ2v) is 10.6. The third kappa shape index (κ3) is 4.22. The zero-order valence-corrected chi connectivity index (χ0v) is 19.1. The van der Waals surface area contributed by atoms with Gasteiger partial charge in [-0.3, -0.25) is 0 Å². The molecule has 0 spiro atoms. The molecule has 4 saturated carbocycles. The largest absolute Gasteiger partial charge is 0.461 e. The third-order valence-corrected chi connectivity index (χ3v) is 8.67. The van der Waals surface area contributed by atoms with Crippen LogP contribution in [-0.2, 0) is 4.74 Å². The lowest BCUT2D eigenvalue weighted by molar-refractivity contribution is -0.0704. The van der Waals surface area contributed by atoms with Crippen LogP contribution < -0.4 is 4.74 Å². The van der Waals surface area contributed by atoms with Gasteiger partial charge in [0.15, 0.2) is 0 Å². The summed E-state index contributed by atoms with van der Waals surface area (Å²) in [6.45, 7) is 5.39. The van der Waals surface area contributed by atoms with E-state index >= 15 is 0 Å². The Kier molecular flexibility index (Phi) is 6.23. The monoisotopic (exact) mass is 408 g/mol. The van der Waals surface area contributed by atoms with E-state index in [2.05, 4.69) is 38.1 Å². The molecule has 6 aliphatic rings. The average Bonchev–Trinajstić information content (AvgIpc) is 2.78.